The van der Waals surface area contributed by atoms with E-state index in [4.69, 9.17) is 0 Å². The van der Waals surface area contributed by atoms with Crippen molar-refractivity contribution >= 4 is 0 Å². The first kappa shape index (κ1) is 13.0. The molecule has 0 rings (SSSR count). The maximum Gasteiger partial charge on any atom is 0.0155 e. The van der Waals surface area contributed by atoms with Crippen LogP contribution in [-0.2, 0) is 0 Å². The van der Waals surface area contributed by atoms with Gasteiger partial charge in [0, 0.05) is 11.1 Å². The first-order valence-electron chi connectivity index (χ1n) is 5.53. The normalized spacial score (nSPS) is 13.8. The van der Waals surface area contributed by atoms with E-state index < -0.39 is 0 Å². The molecule has 0 bridgehead atoms. The van der Waals surface area contributed by atoms with Crippen LogP contribution in [0.3, 0.4) is 0 Å². The van der Waals surface area contributed by atoms with Crippen molar-refractivity contribution in [2.45, 2.75) is 72.4 Å². The fourth-order valence-electron chi connectivity index (χ4n) is 1.96. The van der Waals surface area contributed by atoms with Crippen LogP contribution >= 0.6 is 0 Å². The zero-order chi connectivity index (χ0) is 10.7. The summed E-state index contributed by atoms with van der Waals surface area (Å²) in [6.45, 7) is 17.3. The van der Waals surface area contributed by atoms with E-state index in [1.165, 1.54) is 19.4 Å². The van der Waals surface area contributed by atoms with Gasteiger partial charge in [-0.3, -0.25) is 4.90 Å². The van der Waals surface area contributed by atoms with Crippen LogP contribution in [0.15, 0.2) is 0 Å². The standard InChI is InChI=1S/C12H27N/c1-8-10-13(11(3,4)5)12(6,7)9-2/h8-10H2,1-7H3. The molecule has 0 fully saturated rings. The predicted molar refractivity (Wildman–Crippen MR) is 61.1 cm³/mol. The van der Waals surface area contributed by atoms with Crippen LogP contribution in [0.5, 0.6) is 0 Å². The molecule has 0 amide bonds. The lowest BCUT2D eigenvalue weighted by molar-refractivity contribution is 0.0245. The maximum absolute atomic E-state index is 2.61. The minimum atomic E-state index is 0.287. The van der Waals surface area contributed by atoms with Gasteiger partial charge in [0.2, 0.25) is 0 Å². The van der Waals surface area contributed by atoms with Gasteiger partial charge in [-0.1, -0.05) is 13.8 Å². The van der Waals surface area contributed by atoms with Crippen LogP contribution in [0.1, 0.15) is 61.3 Å². The highest BCUT2D eigenvalue weighted by Gasteiger charge is 2.32. The number of rotatable bonds is 4. The molecule has 0 aliphatic carbocycles. The van der Waals surface area contributed by atoms with Crippen molar-refractivity contribution in [3.63, 3.8) is 0 Å². The Morgan fingerprint density at radius 3 is 1.62 bits per heavy atom. The molecule has 1 heteroatoms. The van der Waals surface area contributed by atoms with Gasteiger partial charge in [0.15, 0.2) is 0 Å². The highest BCUT2D eigenvalue weighted by Crippen LogP contribution is 2.27. The molecule has 1 nitrogen and oxygen atoms in total. The smallest absolute Gasteiger partial charge is 0.0155 e. The molecule has 0 atom stereocenters. The summed E-state index contributed by atoms with van der Waals surface area (Å²) in [6.07, 6.45) is 2.45. The van der Waals surface area contributed by atoms with Crippen LogP contribution in [0, 0.1) is 0 Å². The van der Waals surface area contributed by atoms with Crippen molar-refractivity contribution in [1.29, 1.82) is 0 Å². The maximum atomic E-state index is 2.61. The summed E-state index contributed by atoms with van der Waals surface area (Å²) in [5.74, 6) is 0. The summed E-state index contributed by atoms with van der Waals surface area (Å²) >= 11 is 0. The monoisotopic (exact) mass is 185 g/mol. The molecule has 0 radical (unpaired) electrons. The summed E-state index contributed by atoms with van der Waals surface area (Å²) < 4.78 is 0. The summed E-state index contributed by atoms with van der Waals surface area (Å²) in [6, 6.07) is 0. The largest absolute Gasteiger partial charge is 0.293 e. The van der Waals surface area contributed by atoms with Gasteiger partial charge in [0.1, 0.15) is 0 Å². The van der Waals surface area contributed by atoms with Gasteiger partial charge >= 0.3 is 0 Å². The number of hydrogen-bond donors (Lipinski definition) is 0. The van der Waals surface area contributed by atoms with Gasteiger partial charge in [0.05, 0.1) is 0 Å². The second kappa shape index (κ2) is 4.45. The fraction of sp³-hybridized carbons (Fsp3) is 1.00. The Balaban J connectivity index is 4.60. The molecule has 80 valence electrons. The highest BCUT2D eigenvalue weighted by molar-refractivity contribution is 4.88. The average molecular weight is 185 g/mol. The van der Waals surface area contributed by atoms with Crippen LogP contribution in [-0.4, -0.2) is 22.5 Å². The van der Waals surface area contributed by atoms with Crippen LogP contribution in [0.4, 0.5) is 0 Å². The molecule has 0 spiro atoms. The molecule has 0 aromatic carbocycles. The van der Waals surface area contributed by atoms with Gasteiger partial charge in [-0.15, -0.1) is 0 Å². The van der Waals surface area contributed by atoms with E-state index in [9.17, 15) is 0 Å². The molecule has 0 heterocycles. The molecule has 13 heavy (non-hydrogen) atoms. The summed E-state index contributed by atoms with van der Waals surface area (Å²) in [4.78, 5) is 2.61. The van der Waals surface area contributed by atoms with Crippen molar-refractivity contribution in [1.82, 2.24) is 4.90 Å². The Morgan fingerprint density at radius 2 is 1.38 bits per heavy atom. The van der Waals surface area contributed by atoms with Crippen molar-refractivity contribution in [3.05, 3.63) is 0 Å². The Morgan fingerprint density at radius 1 is 0.923 bits per heavy atom. The van der Waals surface area contributed by atoms with E-state index in [1.54, 1.807) is 0 Å². The van der Waals surface area contributed by atoms with Gasteiger partial charge in [-0.25, -0.2) is 0 Å². The minimum absolute atomic E-state index is 0.287. The van der Waals surface area contributed by atoms with E-state index in [0.717, 1.165) is 0 Å². The van der Waals surface area contributed by atoms with Gasteiger partial charge in [-0.05, 0) is 54.0 Å². The first-order chi connectivity index (χ1) is 5.75. The van der Waals surface area contributed by atoms with E-state index in [-0.39, 0.29) is 5.54 Å². The minimum Gasteiger partial charge on any atom is -0.293 e. The molecular formula is C12H27N. The molecule has 0 aromatic heterocycles. The van der Waals surface area contributed by atoms with Crippen LogP contribution < -0.4 is 0 Å². The van der Waals surface area contributed by atoms with E-state index in [0.29, 0.717) is 5.54 Å². The number of hydrogen-bond acceptors (Lipinski definition) is 1. The SMILES string of the molecule is CCCN(C(C)(C)C)C(C)(C)CC. The fourth-order valence-corrected chi connectivity index (χ4v) is 1.96. The third kappa shape index (κ3) is 3.68. The summed E-state index contributed by atoms with van der Waals surface area (Å²) in [7, 11) is 0. The lowest BCUT2D eigenvalue weighted by Gasteiger charge is -2.47. The highest BCUT2D eigenvalue weighted by atomic mass is 15.2. The van der Waals surface area contributed by atoms with Gasteiger partial charge in [-0.2, -0.15) is 0 Å². The van der Waals surface area contributed by atoms with Gasteiger partial charge in [0.25, 0.3) is 0 Å². The third-order valence-corrected chi connectivity index (χ3v) is 2.85. The molecule has 0 aliphatic rings. The Hall–Kier alpha value is -0.0400. The topological polar surface area (TPSA) is 3.24 Å². The quantitative estimate of drug-likeness (QED) is 0.645. The van der Waals surface area contributed by atoms with Gasteiger partial charge < -0.3 is 0 Å². The average Bonchev–Trinajstić information content (AvgIpc) is 1.98. The first-order valence-corrected chi connectivity index (χ1v) is 5.53. The lowest BCUT2D eigenvalue weighted by Crippen LogP contribution is -2.54. The van der Waals surface area contributed by atoms with Crippen molar-refractivity contribution in [2.75, 3.05) is 6.54 Å². The lowest BCUT2D eigenvalue weighted by atomic mass is 9.92. The molecule has 0 N–H and O–H groups in total. The van der Waals surface area contributed by atoms with Crippen LogP contribution in [0.2, 0.25) is 0 Å². The Bertz CT molecular complexity index is 142. The molecule has 0 unspecified atom stereocenters. The zero-order valence-corrected chi connectivity index (χ0v) is 10.6. The van der Waals surface area contributed by atoms with Crippen LogP contribution in [0.25, 0.3) is 0 Å². The predicted octanol–water partition coefficient (Wildman–Crippen LogP) is 3.69. The van der Waals surface area contributed by atoms with Crippen molar-refractivity contribution < 1.29 is 0 Å². The van der Waals surface area contributed by atoms with Crippen molar-refractivity contribution in [3.8, 4) is 0 Å². The summed E-state index contributed by atoms with van der Waals surface area (Å²) in [5.41, 5.74) is 0.615. The molecule has 0 saturated carbocycles. The Kier molecular flexibility index (Phi) is 4.44. The zero-order valence-electron chi connectivity index (χ0n) is 10.6. The Labute approximate surface area is 84.5 Å². The second-order valence-electron chi connectivity index (χ2n) is 5.49. The van der Waals surface area contributed by atoms with E-state index in [1.807, 2.05) is 0 Å². The summed E-state index contributed by atoms with van der Waals surface area (Å²) in [5, 5.41) is 0. The van der Waals surface area contributed by atoms with Crippen molar-refractivity contribution in [2.24, 2.45) is 0 Å². The van der Waals surface area contributed by atoms with E-state index >= 15 is 0 Å². The third-order valence-electron chi connectivity index (χ3n) is 2.85. The molecule has 0 aliphatic heterocycles. The van der Waals surface area contributed by atoms with E-state index in [2.05, 4.69) is 53.4 Å². The second-order valence-corrected chi connectivity index (χ2v) is 5.49. The molecule has 0 saturated heterocycles. The molecular weight excluding hydrogens is 158 g/mol. The molecule has 0 aromatic rings. The number of nitrogens with zero attached hydrogens (tertiary/aromatic N) is 1.